The van der Waals surface area contributed by atoms with E-state index in [0.29, 0.717) is 11.5 Å². The van der Waals surface area contributed by atoms with Crippen LogP contribution in [0.3, 0.4) is 0 Å². The van der Waals surface area contributed by atoms with Crippen LogP contribution in [0.5, 0.6) is 0 Å². The van der Waals surface area contributed by atoms with Crippen molar-refractivity contribution in [1.29, 1.82) is 0 Å². The van der Waals surface area contributed by atoms with E-state index < -0.39 is 5.97 Å². The zero-order valence-electron chi connectivity index (χ0n) is 8.62. The molecule has 15 heavy (non-hydrogen) atoms. The normalized spacial score (nSPS) is 21.5. The van der Waals surface area contributed by atoms with E-state index in [2.05, 4.69) is 9.97 Å². The molecular formula is C10H14N2O3. The fourth-order valence-corrected chi connectivity index (χ4v) is 1.80. The first kappa shape index (κ1) is 10.2. The third kappa shape index (κ3) is 2.02. The van der Waals surface area contributed by atoms with Gasteiger partial charge >= 0.3 is 5.97 Å². The number of imidazole rings is 1. The third-order valence-electron chi connectivity index (χ3n) is 2.59. The lowest BCUT2D eigenvalue weighted by molar-refractivity contribution is 0.00984. The maximum Gasteiger partial charge on any atom is 0.356 e. The first-order valence-electron chi connectivity index (χ1n) is 5.10. The minimum atomic E-state index is -0.995. The molecule has 0 bridgehead atoms. The molecule has 0 amide bonds. The third-order valence-corrected chi connectivity index (χ3v) is 2.59. The SMILES string of the molecule is Cc1[nH]c(C2CCCCO2)nc1C(=O)O. The number of aromatic nitrogens is 2. The molecule has 1 atom stereocenters. The maximum absolute atomic E-state index is 10.8. The number of ether oxygens (including phenoxy) is 1. The molecule has 0 radical (unpaired) electrons. The van der Waals surface area contributed by atoms with Gasteiger partial charge in [0, 0.05) is 12.3 Å². The second-order valence-electron chi connectivity index (χ2n) is 3.76. The van der Waals surface area contributed by atoms with E-state index in [1.165, 1.54) is 0 Å². The second kappa shape index (κ2) is 4.02. The fraction of sp³-hybridized carbons (Fsp3) is 0.600. The molecule has 5 nitrogen and oxygen atoms in total. The molecule has 1 fully saturated rings. The van der Waals surface area contributed by atoms with E-state index in [0.717, 1.165) is 25.9 Å². The highest BCUT2D eigenvalue weighted by Gasteiger charge is 2.22. The Hall–Kier alpha value is -1.36. The standard InChI is InChI=1S/C10H14N2O3/c1-6-8(10(13)14)12-9(11-6)7-4-2-3-5-15-7/h7H,2-5H2,1H3,(H,11,12)(H,13,14). The molecule has 0 aliphatic carbocycles. The van der Waals surface area contributed by atoms with Crippen LogP contribution < -0.4 is 0 Å². The van der Waals surface area contributed by atoms with Gasteiger partial charge in [-0.2, -0.15) is 0 Å². The lowest BCUT2D eigenvalue weighted by atomic mass is 10.1. The zero-order chi connectivity index (χ0) is 10.8. The van der Waals surface area contributed by atoms with Crippen LogP contribution in [0.2, 0.25) is 0 Å². The van der Waals surface area contributed by atoms with Crippen LogP contribution >= 0.6 is 0 Å². The quantitative estimate of drug-likeness (QED) is 0.778. The van der Waals surface area contributed by atoms with Crippen molar-refractivity contribution in [2.24, 2.45) is 0 Å². The average Bonchev–Trinajstić information content (AvgIpc) is 2.62. The molecule has 82 valence electrons. The molecule has 2 heterocycles. The summed E-state index contributed by atoms with van der Waals surface area (Å²) in [7, 11) is 0. The molecule has 1 unspecified atom stereocenters. The van der Waals surface area contributed by atoms with Gasteiger partial charge in [-0.25, -0.2) is 9.78 Å². The largest absolute Gasteiger partial charge is 0.476 e. The van der Waals surface area contributed by atoms with E-state index in [4.69, 9.17) is 9.84 Å². The van der Waals surface area contributed by atoms with Gasteiger partial charge in [-0.05, 0) is 26.2 Å². The van der Waals surface area contributed by atoms with E-state index in [9.17, 15) is 4.79 Å². The van der Waals surface area contributed by atoms with E-state index in [1.54, 1.807) is 6.92 Å². The molecule has 1 aromatic rings. The van der Waals surface area contributed by atoms with Crippen molar-refractivity contribution < 1.29 is 14.6 Å². The van der Waals surface area contributed by atoms with Crippen molar-refractivity contribution in [2.45, 2.75) is 32.3 Å². The van der Waals surface area contributed by atoms with Crippen molar-refractivity contribution in [1.82, 2.24) is 9.97 Å². The lowest BCUT2D eigenvalue weighted by Crippen LogP contribution is -2.13. The van der Waals surface area contributed by atoms with Gasteiger partial charge in [0.2, 0.25) is 0 Å². The van der Waals surface area contributed by atoms with Gasteiger partial charge < -0.3 is 14.8 Å². The van der Waals surface area contributed by atoms with Crippen LogP contribution in [-0.2, 0) is 4.74 Å². The first-order valence-corrected chi connectivity index (χ1v) is 5.10. The number of nitrogens with one attached hydrogen (secondary N) is 1. The van der Waals surface area contributed by atoms with Gasteiger partial charge in [0.1, 0.15) is 11.9 Å². The van der Waals surface area contributed by atoms with Crippen LogP contribution in [0.25, 0.3) is 0 Å². The smallest absolute Gasteiger partial charge is 0.356 e. The Morgan fingerprint density at radius 2 is 2.40 bits per heavy atom. The number of aromatic carboxylic acids is 1. The second-order valence-corrected chi connectivity index (χ2v) is 3.76. The molecule has 2 rings (SSSR count). The Morgan fingerprint density at radius 3 is 2.93 bits per heavy atom. The summed E-state index contributed by atoms with van der Waals surface area (Å²) in [5.41, 5.74) is 0.686. The summed E-state index contributed by atoms with van der Waals surface area (Å²) in [6.07, 6.45) is 3.02. The molecule has 5 heteroatoms. The van der Waals surface area contributed by atoms with E-state index in [1.807, 2.05) is 0 Å². The summed E-state index contributed by atoms with van der Waals surface area (Å²) in [5, 5.41) is 8.85. The van der Waals surface area contributed by atoms with Gasteiger partial charge in [-0.1, -0.05) is 0 Å². The van der Waals surface area contributed by atoms with Crippen LogP contribution in [-0.4, -0.2) is 27.7 Å². The molecule has 0 aromatic carbocycles. The maximum atomic E-state index is 10.8. The number of nitrogens with zero attached hydrogens (tertiary/aromatic N) is 1. The van der Waals surface area contributed by atoms with Gasteiger partial charge in [0.25, 0.3) is 0 Å². The number of hydrogen-bond donors (Lipinski definition) is 2. The topological polar surface area (TPSA) is 75.2 Å². The molecule has 1 aliphatic rings. The number of carboxylic acid groups (broad SMARTS) is 1. The average molecular weight is 210 g/mol. The lowest BCUT2D eigenvalue weighted by Gasteiger charge is -2.20. The highest BCUT2D eigenvalue weighted by atomic mass is 16.5. The van der Waals surface area contributed by atoms with Crippen LogP contribution in [0.1, 0.15) is 47.4 Å². The number of aromatic amines is 1. The molecule has 0 saturated carbocycles. The van der Waals surface area contributed by atoms with Crippen LogP contribution in [0.4, 0.5) is 0 Å². The minimum absolute atomic E-state index is 0.0643. The molecular weight excluding hydrogens is 196 g/mol. The van der Waals surface area contributed by atoms with Crippen molar-refractivity contribution in [2.75, 3.05) is 6.61 Å². The Bertz CT molecular complexity index is 367. The fourth-order valence-electron chi connectivity index (χ4n) is 1.80. The summed E-state index contributed by atoms with van der Waals surface area (Å²) in [5.74, 6) is -0.351. The summed E-state index contributed by atoms with van der Waals surface area (Å²) in [6, 6.07) is 0. The number of carbonyl (C=O) groups is 1. The number of rotatable bonds is 2. The molecule has 1 saturated heterocycles. The number of H-pyrrole nitrogens is 1. The Labute approximate surface area is 87.5 Å². The zero-order valence-corrected chi connectivity index (χ0v) is 8.62. The highest BCUT2D eigenvalue weighted by molar-refractivity contribution is 5.86. The highest BCUT2D eigenvalue weighted by Crippen LogP contribution is 2.26. The summed E-state index contributed by atoms with van der Waals surface area (Å²) < 4.78 is 5.53. The van der Waals surface area contributed by atoms with E-state index >= 15 is 0 Å². The minimum Gasteiger partial charge on any atom is -0.476 e. The summed E-state index contributed by atoms with van der Waals surface area (Å²) >= 11 is 0. The van der Waals surface area contributed by atoms with E-state index in [-0.39, 0.29) is 11.8 Å². The monoisotopic (exact) mass is 210 g/mol. The number of hydrogen-bond acceptors (Lipinski definition) is 3. The number of aryl methyl sites for hydroxylation is 1. The Morgan fingerprint density at radius 1 is 1.60 bits per heavy atom. The van der Waals surface area contributed by atoms with Crippen molar-refractivity contribution >= 4 is 5.97 Å². The summed E-state index contributed by atoms with van der Waals surface area (Å²) in [6.45, 7) is 2.44. The van der Waals surface area contributed by atoms with Crippen molar-refractivity contribution in [3.8, 4) is 0 Å². The van der Waals surface area contributed by atoms with Gasteiger partial charge in [0.15, 0.2) is 5.69 Å². The predicted molar refractivity (Wildman–Crippen MR) is 52.8 cm³/mol. The molecule has 1 aromatic heterocycles. The number of carboxylic acids is 1. The predicted octanol–water partition coefficient (Wildman–Crippen LogP) is 1.66. The van der Waals surface area contributed by atoms with Crippen LogP contribution in [0.15, 0.2) is 0 Å². The van der Waals surface area contributed by atoms with Gasteiger partial charge in [-0.3, -0.25) is 0 Å². The van der Waals surface area contributed by atoms with Gasteiger partial charge in [-0.15, -0.1) is 0 Å². The van der Waals surface area contributed by atoms with Crippen LogP contribution in [0, 0.1) is 6.92 Å². The first-order chi connectivity index (χ1) is 7.18. The van der Waals surface area contributed by atoms with Crippen molar-refractivity contribution in [3.63, 3.8) is 0 Å². The molecule has 0 spiro atoms. The van der Waals surface area contributed by atoms with Gasteiger partial charge in [0.05, 0.1) is 0 Å². The summed E-state index contributed by atoms with van der Waals surface area (Å²) in [4.78, 5) is 17.8. The van der Waals surface area contributed by atoms with Crippen molar-refractivity contribution in [3.05, 3.63) is 17.2 Å². The Kier molecular flexibility index (Phi) is 2.73. The molecule has 1 aliphatic heterocycles. The Balaban J connectivity index is 2.21. The molecule has 2 N–H and O–H groups in total.